The molecule has 6 nitrogen and oxygen atoms in total. The molecule has 7 heteroatoms. The van der Waals surface area contributed by atoms with Gasteiger partial charge in [0, 0.05) is 13.2 Å². The van der Waals surface area contributed by atoms with E-state index in [0.29, 0.717) is 16.7 Å². The zero-order valence-corrected chi connectivity index (χ0v) is 12.5. The van der Waals surface area contributed by atoms with E-state index in [-0.39, 0.29) is 5.91 Å². The Bertz CT molecular complexity index is 640. The summed E-state index contributed by atoms with van der Waals surface area (Å²) in [7, 11) is 3.18. The van der Waals surface area contributed by atoms with Crippen molar-refractivity contribution >= 4 is 28.5 Å². The van der Waals surface area contributed by atoms with Crippen LogP contribution in [0.2, 0.25) is 0 Å². The second-order valence-electron chi connectivity index (χ2n) is 4.03. The fourth-order valence-electron chi connectivity index (χ4n) is 1.55. The highest BCUT2D eigenvalue weighted by Crippen LogP contribution is 2.16. The number of rotatable bonds is 6. The Morgan fingerprint density at radius 3 is 3.00 bits per heavy atom. The minimum absolute atomic E-state index is 0.266. The molecule has 0 unspecified atom stereocenters. The summed E-state index contributed by atoms with van der Waals surface area (Å²) in [5, 5.41) is 11.6. The lowest BCUT2D eigenvalue weighted by atomic mass is 10.2. The van der Waals surface area contributed by atoms with E-state index in [9.17, 15) is 4.79 Å². The molecule has 2 rings (SSSR count). The van der Waals surface area contributed by atoms with Crippen LogP contribution in [0.1, 0.15) is 10.6 Å². The Morgan fingerprint density at radius 1 is 1.38 bits per heavy atom. The van der Waals surface area contributed by atoms with Gasteiger partial charge in [0.05, 0.1) is 7.11 Å². The third kappa shape index (κ3) is 4.66. The van der Waals surface area contributed by atoms with Crippen LogP contribution in [0.5, 0.6) is 5.75 Å². The van der Waals surface area contributed by atoms with E-state index in [1.165, 1.54) is 17.4 Å². The molecule has 0 spiro atoms. The van der Waals surface area contributed by atoms with Crippen molar-refractivity contribution in [3.63, 3.8) is 0 Å². The lowest BCUT2D eigenvalue weighted by molar-refractivity contribution is -0.111. The minimum Gasteiger partial charge on any atom is -0.497 e. The number of hydrogen-bond donors (Lipinski definition) is 1. The largest absolute Gasteiger partial charge is 0.497 e. The van der Waals surface area contributed by atoms with E-state index in [1.807, 2.05) is 24.3 Å². The predicted octanol–water partition coefficient (Wildman–Crippen LogP) is 2.35. The van der Waals surface area contributed by atoms with Gasteiger partial charge in [-0.05, 0) is 23.8 Å². The highest BCUT2D eigenvalue weighted by molar-refractivity contribution is 7.15. The summed E-state index contributed by atoms with van der Waals surface area (Å²) in [6.45, 7) is 0.382. The number of benzene rings is 1. The number of methoxy groups -OCH3 is 2. The molecule has 1 N–H and O–H groups in total. The third-order valence-corrected chi connectivity index (χ3v) is 3.30. The summed E-state index contributed by atoms with van der Waals surface area (Å²) < 4.78 is 10.1. The maximum Gasteiger partial charge on any atom is 0.250 e. The second kappa shape index (κ2) is 7.51. The summed E-state index contributed by atoms with van der Waals surface area (Å²) in [5.41, 5.74) is 0.877. The van der Waals surface area contributed by atoms with Gasteiger partial charge in [0.25, 0.3) is 0 Å². The minimum atomic E-state index is -0.266. The third-order valence-electron chi connectivity index (χ3n) is 2.49. The molecule has 0 aliphatic rings. The number of nitrogens with zero attached hydrogens (tertiary/aromatic N) is 2. The normalized spacial score (nSPS) is 10.8. The molecule has 0 bridgehead atoms. The molecule has 0 radical (unpaired) electrons. The zero-order chi connectivity index (χ0) is 15.1. The van der Waals surface area contributed by atoms with Crippen LogP contribution in [0.15, 0.2) is 30.3 Å². The number of anilines is 1. The van der Waals surface area contributed by atoms with E-state index in [2.05, 4.69) is 15.5 Å². The maximum atomic E-state index is 11.8. The first-order valence-corrected chi connectivity index (χ1v) is 6.97. The number of carbonyl (C=O) groups excluding carboxylic acids is 1. The fraction of sp³-hybridized carbons (Fsp3) is 0.214. The van der Waals surface area contributed by atoms with Gasteiger partial charge in [-0.2, -0.15) is 0 Å². The van der Waals surface area contributed by atoms with Crippen LogP contribution < -0.4 is 10.1 Å². The molecular weight excluding hydrogens is 290 g/mol. The Balaban J connectivity index is 1.95. The van der Waals surface area contributed by atoms with Gasteiger partial charge in [-0.1, -0.05) is 23.5 Å². The van der Waals surface area contributed by atoms with Gasteiger partial charge in [0.15, 0.2) is 0 Å². The highest BCUT2D eigenvalue weighted by Gasteiger charge is 2.05. The van der Waals surface area contributed by atoms with Gasteiger partial charge >= 0.3 is 0 Å². The van der Waals surface area contributed by atoms with Gasteiger partial charge in [-0.25, -0.2) is 0 Å². The van der Waals surface area contributed by atoms with Crippen LogP contribution in [0.25, 0.3) is 6.08 Å². The Hall–Kier alpha value is -2.25. The molecule has 110 valence electrons. The summed E-state index contributed by atoms with van der Waals surface area (Å²) in [6, 6.07) is 7.42. The molecule has 1 aromatic heterocycles. The van der Waals surface area contributed by atoms with Crippen molar-refractivity contribution in [3.05, 3.63) is 40.9 Å². The van der Waals surface area contributed by atoms with Crippen LogP contribution in [-0.4, -0.2) is 30.3 Å². The van der Waals surface area contributed by atoms with Crippen molar-refractivity contribution in [2.45, 2.75) is 6.61 Å². The van der Waals surface area contributed by atoms with E-state index < -0.39 is 0 Å². The smallest absolute Gasteiger partial charge is 0.250 e. The van der Waals surface area contributed by atoms with E-state index in [0.717, 1.165) is 11.3 Å². The second-order valence-corrected chi connectivity index (χ2v) is 5.10. The first kappa shape index (κ1) is 15.1. The van der Waals surface area contributed by atoms with Crippen molar-refractivity contribution in [2.24, 2.45) is 0 Å². The molecular formula is C14H15N3O3S. The van der Waals surface area contributed by atoms with Crippen molar-refractivity contribution in [1.82, 2.24) is 10.2 Å². The number of carbonyl (C=O) groups is 1. The quantitative estimate of drug-likeness (QED) is 0.829. The van der Waals surface area contributed by atoms with Crippen molar-refractivity contribution in [1.29, 1.82) is 0 Å². The number of nitrogens with one attached hydrogen (secondary N) is 1. The van der Waals surface area contributed by atoms with Gasteiger partial charge in [-0.3, -0.25) is 10.1 Å². The van der Waals surface area contributed by atoms with Gasteiger partial charge in [0.2, 0.25) is 11.0 Å². The molecule has 1 amide bonds. The predicted molar refractivity (Wildman–Crippen MR) is 81.3 cm³/mol. The molecule has 2 aromatic rings. The molecule has 0 aliphatic heterocycles. The highest BCUT2D eigenvalue weighted by atomic mass is 32.1. The van der Waals surface area contributed by atoms with Crippen molar-refractivity contribution in [2.75, 3.05) is 19.5 Å². The Morgan fingerprint density at radius 2 is 2.24 bits per heavy atom. The lowest BCUT2D eigenvalue weighted by Gasteiger charge is -2.00. The molecule has 0 saturated heterocycles. The topological polar surface area (TPSA) is 73.3 Å². The van der Waals surface area contributed by atoms with Crippen molar-refractivity contribution in [3.8, 4) is 5.75 Å². The van der Waals surface area contributed by atoms with Gasteiger partial charge < -0.3 is 9.47 Å². The SMILES string of the molecule is COCc1nnc(NC(=O)/C=C/c2cccc(OC)c2)s1. The zero-order valence-electron chi connectivity index (χ0n) is 11.7. The average Bonchev–Trinajstić information content (AvgIpc) is 2.93. The van der Waals surface area contributed by atoms with E-state index in [1.54, 1.807) is 20.3 Å². The Labute approximate surface area is 126 Å². The van der Waals surface area contributed by atoms with E-state index >= 15 is 0 Å². The van der Waals surface area contributed by atoms with Crippen LogP contribution in [-0.2, 0) is 16.1 Å². The molecule has 0 saturated carbocycles. The van der Waals surface area contributed by atoms with Crippen LogP contribution in [0, 0.1) is 0 Å². The average molecular weight is 305 g/mol. The number of aromatic nitrogens is 2. The summed E-state index contributed by atoms with van der Waals surface area (Å²) in [6.07, 6.45) is 3.14. The van der Waals surface area contributed by atoms with Crippen LogP contribution in [0.3, 0.4) is 0 Å². The first-order chi connectivity index (χ1) is 10.2. The van der Waals surface area contributed by atoms with E-state index in [4.69, 9.17) is 9.47 Å². The van der Waals surface area contributed by atoms with Crippen LogP contribution in [0.4, 0.5) is 5.13 Å². The maximum absolute atomic E-state index is 11.8. The molecule has 1 aromatic carbocycles. The number of ether oxygens (including phenoxy) is 2. The monoisotopic (exact) mass is 305 g/mol. The van der Waals surface area contributed by atoms with Gasteiger partial charge in [-0.15, -0.1) is 10.2 Å². The van der Waals surface area contributed by atoms with Crippen LogP contribution >= 0.6 is 11.3 Å². The van der Waals surface area contributed by atoms with Crippen molar-refractivity contribution < 1.29 is 14.3 Å². The summed E-state index contributed by atoms with van der Waals surface area (Å²) in [5.74, 6) is 0.476. The summed E-state index contributed by atoms with van der Waals surface area (Å²) in [4.78, 5) is 11.8. The molecule has 0 fully saturated rings. The fourth-order valence-corrected chi connectivity index (χ4v) is 2.26. The molecule has 21 heavy (non-hydrogen) atoms. The number of amides is 1. The standard InChI is InChI=1S/C14H15N3O3S/c1-19-9-13-16-17-14(21-13)15-12(18)7-6-10-4-3-5-11(8-10)20-2/h3-8H,9H2,1-2H3,(H,15,17,18)/b7-6+. The number of hydrogen-bond acceptors (Lipinski definition) is 6. The molecule has 1 heterocycles. The Kier molecular flexibility index (Phi) is 5.42. The molecule has 0 aliphatic carbocycles. The first-order valence-electron chi connectivity index (χ1n) is 6.15. The molecule has 0 atom stereocenters. The lowest BCUT2D eigenvalue weighted by Crippen LogP contribution is -2.07. The summed E-state index contributed by atoms with van der Waals surface area (Å²) >= 11 is 1.28. The van der Waals surface area contributed by atoms with Gasteiger partial charge in [0.1, 0.15) is 17.4 Å².